The van der Waals surface area contributed by atoms with Gasteiger partial charge in [-0.1, -0.05) is 6.92 Å². The van der Waals surface area contributed by atoms with Crippen LogP contribution in [0.2, 0.25) is 0 Å². The van der Waals surface area contributed by atoms with Crippen LogP contribution in [0.4, 0.5) is 0 Å². The van der Waals surface area contributed by atoms with E-state index < -0.39 is 0 Å². The van der Waals surface area contributed by atoms with Crippen LogP contribution >= 0.6 is 0 Å². The van der Waals surface area contributed by atoms with Gasteiger partial charge in [0.15, 0.2) is 5.82 Å². The van der Waals surface area contributed by atoms with Gasteiger partial charge in [0.25, 0.3) is 0 Å². The normalized spacial score (nSPS) is 12.7. The summed E-state index contributed by atoms with van der Waals surface area (Å²) in [7, 11) is 1.89. The SMILES string of the molecule is CCNC(C)c1cnc(-c2ccn(C)n2)nc1C. The summed E-state index contributed by atoms with van der Waals surface area (Å²) in [6.07, 6.45) is 3.78. The molecule has 0 saturated carbocycles. The minimum atomic E-state index is 0.271. The van der Waals surface area contributed by atoms with Gasteiger partial charge in [-0.15, -0.1) is 0 Å². The Labute approximate surface area is 107 Å². The molecular formula is C13H19N5. The first kappa shape index (κ1) is 12.7. The molecule has 0 saturated heterocycles. The van der Waals surface area contributed by atoms with E-state index in [1.807, 2.05) is 32.4 Å². The Morgan fingerprint density at radius 2 is 2.22 bits per heavy atom. The fourth-order valence-corrected chi connectivity index (χ4v) is 1.98. The van der Waals surface area contributed by atoms with Crippen molar-refractivity contribution in [2.45, 2.75) is 26.8 Å². The highest BCUT2D eigenvalue weighted by molar-refractivity contribution is 5.48. The van der Waals surface area contributed by atoms with Crippen LogP contribution in [0.3, 0.4) is 0 Å². The molecule has 1 unspecified atom stereocenters. The fraction of sp³-hybridized carbons (Fsp3) is 0.462. The maximum Gasteiger partial charge on any atom is 0.180 e. The van der Waals surface area contributed by atoms with Crippen molar-refractivity contribution < 1.29 is 0 Å². The third kappa shape index (κ3) is 2.56. The van der Waals surface area contributed by atoms with E-state index in [1.54, 1.807) is 4.68 Å². The van der Waals surface area contributed by atoms with Crippen molar-refractivity contribution in [1.82, 2.24) is 25.1 Å². The van der Waals surface area contributed by atoms with Gasteiger partial charge in [0, 0.05) is 36.7 Å². The van der Waals surface area contributed by atoms with Gasteiger partial charge in [-0.2, -0.15) is 5.10 Å². The van der Waals surface area contributed by atoms with Crippen LogP contribution in [-0.2, 0) is 7.05 Å². The molecule has 1 N–H and O–H groups in total. The molecule has 1 atom stereocenters. The summed E-state index contributed by atoms with van der Waals surface area (Å²) in [6.45, 7) is 7.16. The molecule has 0 aromatic carbocycles. The third-order valence-electron chi connectivity index (χ3n) is 2.94. The van der Waals surface area contributed by atoms with Gasteiger partial charge in [0.2, 0.25) is 0 Å². The predicted molar refractivity (Wildman–Crippen MR) is 71.1 cm³/mol. The van der Waals surface area contributed by atoms with E-state index in [-0.39, 0.29) is 6.04 Å². The lowest BCUT2D eigenvalue weighted by atomic mass is 10.1. The summed E-state index contributed by atoms with van der Waals surface area (Å²) in [4.78, 5) is 8.93. The van der Waals surface area contributed by atoms with Crippen LogP contribution in [0.5, 0.6) is 0 Å². The number of aryl methyl sites for hydroxylation is 2. The Morgan fingerprint density at radius 3 is 2.78 bits per heavy atom. The zero-order valence-electron chi connectivity index (χ0n) is 11.3. The first-order valence-electron chi connectivity index (χ1n) is 6.18. The first-order chi connectivity index (χ1) is 8.61. The van der Waals surface area contributed by atoms with Crippen LogP contribution in [0.15, 0.2) is 18.5 Å². The minimum absolute atomic E-state index is 0.271. The standard InChI is InChI=1S/C13H19N5/c1-5-14-9(2)11-8-15-13(16-10(11)3)12-6-7-18(4)17-12/h6-9,14H,5H2,1-4H3. The van der Waals surface area contributed by atoms with Crippen molar-refractivity contribution in [1.29, 1.82) is 0 Å². The molecule has 0 amide bonds. The lowest BCUT2D eigenvalue weighted by Crippen LogP contribution is -2.19. The fourth-order valence-electron chi connectivity index (χ4n) is 1.98. The number of nitrogens with zero attached hydrogens (tertiary/aromatic N) is 4. The van der Waals surface area contributed by atoms with Crippen molar-refractivity contribution in [3.63, 3.8) is 0 Å². The second-order valence-electron chi connectivity index (χ2n) is 4.39. The summed E-state index contributed by atoms with van der Waals surface area (Å²) < 4.78 is 1.75. The van der Waals surface area contributed by atoms with E-state index in [0.29, 0.717) is 5.82 Å². The molecule has 0 aliphatic rings. The molecule has 5 nitrogen and oxygen atoms in total. The average molecular weight is 245 g/mol. The van der Waals surface area contributed by atoms with Crippen LogP contribution in [0.1, 0.15) is 31.1 Å². The lowest BCUT2D eigenvalue weighted by molar-refractivity contribution is 0.590. The Hall–Kier alpha value is -1.75. The molecule has 0 aliphatic carbocycles. The van der Waals surface area contributed by atoms with Gasteiger partial charge in [-0.05, 0) is 26.5 Å². The average Bonchev–Trinajstić information content (AvgIpc) is 2.76. The number of rotatable bonds is 4. The Bertz CT molecular complexity index is 532. The molecule has 0 spiro atoms. The molecule has 5 heteroatoms. The first-order valence-corrected chi connectivity index (χ1v) is 6.18. The molecule has 0 radical (unpaired) electrons. The number of nitrogens with one attached hydrogen (secondary N) is 1. The number of aromatic nitrogens is 4. The van der Waals surface area contributed by atoms with Crippen molar-refractivity contribution in [2.75, 3.05) is 6.54 Å². The van der Waals surface area contributed by atoms with Crippen LogP contribution < -0.4 is 5.32 Å². The maximum absolute atomic E-state index is 4.53. The summed E-state index contributed by atoms with van der Waals surface area (Å²) >= 11 is 0. The molecule has 96 valence electrons. The van der Waals surface area contributed by atoms with Gasteiger partial charge in [-0.3, -0.25) is 4.68 Å². The monoisotopic (exact) mass is 245 g/mol. The topological polar surface area (TPSA) is 55.6 Å². The highest BCUT2D eigenvalue weighted by atomic mass is 15.3. The summed E-state index contributed by atoms with van der Waals surface area (Å²) in [5.41, 5.74) is 2.94. The van der Waals surface area contributed by atoms with Crippen LogP contribution in [-0.4, -0.2) is 26.3 Å². The molecular weight excluding hydrogens is 226 g/mol. The van der Waals surface area contributed by atoms with Gasteiger partial charge >= 0.3 is 0 Å². The third-order valence-corrected chi connectivity index (χ3v) is 2.94. The van der Waals surface area contributed by atoms with Crippen LogP contribution in [0, 0.1) is 6.92 Å². The smallest absolute Gasteiger partial charge is 0.180 e. The Morgan fingerprint density at radius 1 is 1.44 bits per heavy atom. The predicted octanol–water partition coefficient (Wildman–Crippen LogP) is 1.86. The van der Waals surface area contributed by atoms with Crippen molar-refractivity contribution in [3.05, 3.63) is 29.7 Å². The maximum atomic E-state index is 4.53. The number of hydrogen-bond acceptors (Lipinski definition) is 4. The molecule has 0 fully saturated rings. The van der Waals surface area contributed by atoms with Crippen molar-refractivity contribution in [3.8, 4) is 11.5 Å². The molecule has 2 aromatic heterocycles. The molecule has 0 aliphatic heterocycles. The second-order valence-corrected chi connectivity index (χ2v) is 4.39. The molecule has 2 aromatic rings. The Kier molecular flexibility index (Phi) is 3.72. The second kappa shape index (κ2) is 5.27. The summed E-state index contributed by atoms with van der Waals surface area (Å²) in [5, 5.41) is 7.68. The molecule has 18 heavy (non-hydrogen) atoms. The van der Waals surface area contributed by atoms with Crippen LogP contribution in [0.25, 0.3) is 11.5 Å². The van der Waals surface area contributed by atoms with E-state index in [9.17, 15) is 0 Å². The van der Waals surface area contributed by atoms with Gasteiger partial charge in [-0.25, -0.2) is 9.97 Å². The molecule has 2 rings (SSSR count). The highest BCUT2D eigenvalue weighted by Crippen LogP contribution is 2.18. The number of hydrogen-bond donors (Lipinski definition) is 1. The lowest BCUT2D eigenvalue weighted by Gasteiger charge is -2.14. The van der Waals surface area contributed by atoms with E-state index in [0.717, 1.165) is 23.5 Å². The quantitative estimate of drug-likeness (QED) is 0.893. The zero-order chi connectivity index (χ0) is 13.1. The van der Waals surface area contributed by atoms with E-state index in [4.69, 9.17) is 0 Å². The summed E-state index contributed by atoms with van der Waals surface area (Å²) in [5.74, 6) is 0.681. The van der Waals surface area contributed by atoms with E-state index in [2.05, 4.69) is 34.2 Å². The van der Waals surface area contributed by atoms with Gasteiger partial charge < -0.3 is 5.32 Å². The molecule has 2 heterocycles. The van der Waals surface area contributed by atoms with E-state index >= 15 is 0 Å². The summed E-state index contributed by atoms with van der Waals surface area (Å²) in [6, 6.07) is 2.19. The van der Waals surface area contributed by atoms with Crippen molar-refractivity contribution in [2.24, 2.45) is 7.05 Å². The van der Waals surface area contributed by atoms with Gasteiger partial charge in [0.1, 0.15) is 5.69 Å². The minimum Gasteiger partial charge on any atom is -0.310 e. The highest BCUT2D eigenvalue weighted by Gasteiger charge is 2.11. The zero-order valence-corrected chi connectivity index (χ0v) is 11.3. The molecule has 0 bridgehead atoms. The largest absolute Gasteiger partial charge is 0.310 e. The van der Waals surface area contributed by atoms with Crippen molar-refractivity contribution >= 4 is 0 Å². The van der Waals surface area contributed by atoms with E-state index in [1.165, 1.54) is 0 Å². The van der Waals surface area contributed by atoms with Gasteiger partial charge in [0.05, 0.1) is 0 Å². The Balaban J connectivity index is 2.30.